The van der Waals surface area contributed by atoms with Crippen molar-refractivity contribution in [2.45, 2.75) is 56.9 Å². The zero-order valence-electron chi connectivity index (χ0n) is 16.8. The second-order valence-electron chi connectivity index (χ2n) is 6.88. The minimum absolute atomic E-state index is 0.186. The fourth-order valence-electron chi connectivity index (χ4n) is 3.42. The van der Waals surface area contributed by atoms with Crippen LogP contribution in [0.5, 0.6) is 0 Å². The molecular weight excluding hydrogens is 386 g/mol. The van der Waals surface area contributed by atoms with Gasteiger partial charge in [0.1, 0.15) is 17.6 Å². The Hall–Kier alpha value is -2.02. The summed E-state index contributed by atoms with van der Waals surface area (Å²) in [4.78, 5) is 3.07. The lowest BCUT2D eigenvalue weighted by Crippen LogP contribution is -2.56. The summed E-state index contributed by atoms with van der Waals surface area (Å²) in [6, 6.07) is 19.5. The molecule has 6 nitrogen and oxygen atoms in total. The molecule has 154 valence electrons. The van der Waals surface area contributed by atoms with Crippen LogP contribution >= 0.6 is 11.8 Å². The van der Waals surface area contributed by atoms with Crippen molar-refractivity contribution in [1.82, 2.24) is 0 Å². The number of azide groups is 1. The molecule has 0 radical (unpaired) electrons. The summed E-state index contributed by atoms with van der Waals surface area (Å²) in [5.41, 5.74) is 11.0. The molecule has 2 aromatic rings. The van der Waals surface area contributed by atoms with E-state index < -0.39 is 12.1 Å². The van der Waals surface area contributed by atoms with Gasteiger partial charge < -0.3 is 14.2 Å². The Bertz CT molecular complexity index is 786. The van der Waals surface area contributed by atoms with E-state index in [4.69, 9.17) is 19.7 Å². The molecule has 0 spiro atoms. The van der Waals surface area contributed by atoms with Crippen LogP contribution in [-0.2, 0) is 27.4 Å². The van der Waals surface area contributed by atoms with Gasteiger partial charge in [-0.25, -0.2) is 0 Å². The van der Waals surface area contributed by atoms with E-state index in [2.05, 4.69) is 16.9 Å². The average Bonchev–Trinajstić information content (AvgIpc) is 2.75. The molecule has 0 bridgehead atoms. The van der Waals surface area contributed by atoms with Crippen molar-refractivity contribution in [3.63, 3.8) is 0 Å². The van der Waals surface area contributed by atoms with Crippen molar-refractivity contribution in [3.05, 3.63) is 82.2 Å². The van der Waals surface area contributed by atoms with Crippen LogP contribution in [0, 0.1) is 0 Å². The smallest absolute Gasteiger partial charge is 0.114 e. The zero-order valence-corrected chi connectivity index (χ0v) is 17.6. The Labute approximate surface area is 176 Å². The third kappa shape index (κ3) is 5.98. The molecule has 0 amide bonds. The summed E-state index contributed by atoms with van der Waals surface area (Å²) in [6.45, 7) is 4.91. The summed E-state index contributed by atoms with van der Waals surface area (Å²) in [5, 5.41) is 4.05. The second kappa shape index (κ2) is 11.2. The van der Waals surface area contributed by atoms with Gasteiger partial charge in [-0.05, 0) is 29.3 Å². The molecule has 3 rings (SSSR count). The second-order valence-corrected chi connectivity index (χ2v) is 8.26. The molecule has 1 heterocycles. The molecule has 1 fully saturated rings. The minimum atomic E-state index is -0.467. The average molecular weight is 414 g/mol. The number of benzene rings is 2. The monoisotopic (exact) mass is 413 g/mol. The van der Waals surface area contributed by atoms with Crippen molar-refractivity contribution < 1.29 is 14.2 Å². The summed E-state index contributed by atoms with van der Waals surface area (Å²) in [6.07, 6.45) is -0.931. The molecule has 5 atom stereocenters. The number of hydrogen-bond donors (Lipinski definition) is 0. The number of thioether (sulfide) groups is 1. The van der Waals surface area contributed by atoms with E-state index in [1.807, 2.05) is 67.6 Å². The Morgan fingerprint density at radius 3 is 2.03 bits per heavy atom. The molecule has 1 saturated heterocycles. The number of hydrogen-bond acceptors (Lipinski definition) is 5. The van der Waals surface area contributed by atoms with Gasteiger partial charge >= 0.3 is 0 Å². The Morgan fingerprint density at radius 2 is 1.52 bits per heavy atom. The molecular formula is C22H27N3O3S. The van der Waals surface area contributed by atoms with Crippen LogP contribution in [-0.4, -0.2) is 35.5 Å². The lowest BCUT2D eigenvalue weighted by Gasteiger charge is -2.43. The maximum absolute atomic E-state index is 9.16. The molecule has 2 aromatic carbocycles. The normalized spacial score (nSPS) is 26.6. The fourth-order valence-corrected chi connectivity index (χ4v) is 4.41. The first-order valence-electron chi connectivity index (χ1n) is 9.85. The maximum atomic E-state index is 9.16. The zero-order chi connectivity index (χ0) is 20.5. The summed E-state index contributed by atoms with van der Waals surface area (Å²) >= 11 is 1.62. The Morgan fingerprint density at radius 1 is 0.966 bits per heavy atom. The molecule has 1 aliphatic rings. The van der Waals surface area contributed by atoms with Gasteiger partial charge in [-0.2, -0.15) is 0 Å². The van der Waals surface area contributed by atoms with Crippen molar-refractivity contribution in [2.24, 2.45) is 5.11 Å². The number of ether oxygens (including phenoxy) is 3. The number of nitrogens with zero attached hydrogens (tertiary/aromatic N) is 3. The van der Waals surface area contributed by atoms with Crippen LogP contribution in [0.3, 0.4) is 0 Å². The first-order chi connectivity index (χ1) is 14.2. The molecule has 0 saturated carbocycles. The topological polar surface area (TPSA) is 76.5 Å². The lowest BCUT2D eigenvalue weighted by molar-refractivity contribution is -0.193. The minimum Gasteiger partial charge on any atom is -0.370 e. The van der Waals surface area contributed by atoms with Crippen molar-refractivity contribution in [3.8, 4) is 0 Å². The highest BCUT2D eigenvalue weighted by Gasteiger charge is 2.45. The maximum Gasteiger partial charge on any atom is 0.114 e. The van der Waals surface area contributed by atoms with E-state index >= 15 is 0 Å². The van der Waals surface area contributed by atoms with Gasteiger partial charge in [0.25, 0.3) is 0 Å². The molecule has 29 heavy (non-hydrogen) atoms. The van der Waals surface area contributed by atoms with E-state index in [0.717, 1.165) is 16.9 Å². The Balaban J connectivity index is 1.80. The molecule has 7 heteroatoms. The van der Waals surface area contributed by atoms with E-state index in [9.17, 15) is 0 Å². The third-order valence-corrected chi connectivity index (χ3v) is 5.89. The van der Waals surface area contributed by atoms with Gasteiger partial charge in [0.05, 0.1) is 25.4 Å². The molecule has 0 unspecified atom stereocenters. The van der Waals surface area contributed by atoms with Crippen LogP contribution in [0.25, 0.3) is 10.4 Å². The van der Waals surface area contributed by atoms with Gasteiger partial charge in [0.15, 0.2) is 0 Å². The SMILES string of the molecule is CCS[C@H]1O[C@H](C)[C@H](OCc2ccccc2)[C@H](OCc2ccccc2)[C@H]1N=[N+]=[N-]. The summed E-state index contributed by atoms with van der Waals surface area (Å²) in [7, 11) is 0. The predicted molar refractivity (Wildman–Crippen MR) is 115 cm³/mol. The van der Waals surface area contributed by atoms with E-state index in [-0.39, 0.29) is 17.6 Å². The fraction of sp³-hybridized carbons (Fsp3) is 0.455. The van der Waals surface area contributed by atoms with E-state index in [1.54, 1.807) is 11.8 Å². The van der Waals surface area contributed by atoms with Gasteiger partial charge in [0.2, 0.25) is 0 Å². The quantitative estimate of drug-likeness (QED) is 0.316. The predicted octanol–water partition coefficient (Wildman–Crippen LogP) is 5.33. The van der Waals surface area contributed by atoms with Crippen LogP contribution in [0.4, 0.5) is 0 Å². The Kier molecular flexibility index (Phi) is 8.40. The molecule has 0 N–H and O–H groups in total. The van der Waals surface area contributed by atoms with E-state index in [1.165, 1.54) is 0 Å². The van der Waals surface area contributed by atoms with Crippen molar-refractivity contribution >= 4 is 11.8 Å². The van der Waals surface area contributed by atoms with Gasteiger partial charge in [-0.3, -0.25) is 0 Å². The summed E-state index contributed by atoms with van der Waals surface area (Å²) in [5.74, 6) is 0.857. The molecule has 0 aromatic heterocycles. The largest absolute Gasteiger partial charge is 0.370 e. The van der Waals surface area contributed by atoms with Crippen LogP contribution in [0.1, 0.15) is 25.0 Å². The van der Waals surface area contributed by atoms with Crippen molar-refractivity contribution in [1.29, 1.82) is 0 Å². The van der Waals surface area contributed by atoms with Crippen LogP contribution < -0.4 is 0 Å². The van der Waals surface area contributed by atoms with Crippen molar-refractivity contribution in [2.75, 3.05) is 5.75 Å². The standard InChI is InChI=1S/C22H27N3O3S/c1-3-29-22-19(24-25-23)21(27-15-18-12-8-5-9-13-18)20(16(2)28-22)26-14-17-10-6-4-7-11-17/h4-13,16,19-22H,3,14-15H2,1-2H3/t16-,19-,20+,21-,22-/m1/s1. The van der Waals surface area contributed by atoms with Crippen LogP contribution in [0.2, 0.25) is 0 Å². The highest BCUT2D eigenvalue weighted by atomic mass is 32.2. The first kappa shape index (κ1) is 21.7. The number of rotatable bonds is 9. The van der Waals surface area contributed by atoms with Gasteiger partial charge in [-0.1, -0.05) is 72.7 Å². The highest BCUT2D eigenvalue weighted by molar-refractivity contribution is 7.99. The van der Waals surface area contributed by atoms with Gasteiger partial charge in [-0.15, -0.1) is 11.8 Å². The third-order valence-electron chi connectivity index (χ3n) is 4.84. The van der Waals surface area contributed by atoms with Crippen LogP contribution in [0.15, 0.2) is 65.8 Å². The molecule has 0 aliphatic carbocycles. The summed E-state index contributed by atoms with van der Waals surface area (Å²) < 4.78 is 18.7. The van der Waals surface area contributed by atoms with E-state index in [0.29, 0.717) is 13.2 Å². The lowest BCUT2D eigenvalue weighted by atomic mass is 9.98. The highest BCUT2D eigenvalue weighted by Crippen LogP contribution is 2.34. The van der Waals surface area contributed by atoms with Gasteiger partial charge in [0, 0.05) is 4.91 Å². The molecule has 1 aliphatic heterocycles. The first-order valence-corrected chi connectivity index (χ1v) is 10.9.